The third-order valence-electron chi connectivity index (χ3n) is 2.64. The Balaban J connectivity index is 1.78. The second-order valence-electron chi connectivity index (χ2n) is 4.09. The van der Waals surface area contributed by atoms with Crippen molar-refractivity contribution in [2.75, 3.05) is 6.54 Å². The van der Waals surface area contributed by atoms with Crippen LogP contribution in [0.2, 0.25) is 0 Å². The second kappa shape index (κ2) is 5.80. The quantitative estimate of drug-likeness (QED) is 0.919. The molecule has 5 heteroatoms. The first kappa shape index (κ1) is 12.8. The molecule has 0 spiro atoms. The molecule has 0 saturated carbocycles. The molecule has 0 aliphatic heterocycles. The van der Waals surface area contributed by atoms with Crippen molar-refractivity contribution in [2.24, 2.45) is 7.05 Å². The molecule has 0 saturated heterocycles. The minimum absolute atomic E-state index is 0.406. The van der Waals surface area contributed by atoms with E-state index < -0.39 is 0 Å². The van der Waals surface area contributed by atoms with Crippen molar-refractivity contribution in [2.45, 2.75) is 19.4 Å². The topological polar surface area (TPSA) is 29.9 Å². The maximum absolute atomic E-state index is 4.16. The van der Waals surface area contributed by atoms with Gasteiger partial charge in [0.05, 0.1) is 9.98 Å². The van der Waals surface area contributed by atoms with Crippen molar-refractivity contribution in [3.63, 3.8) is 0 Å². The summed E-state index contributed by atoms with van der Waals surface area (Å²) in [6, 6.07) is 4.67. The Morgan fingerprint density at radius 2 is 2.35 bits per heavy atom. The minimum atomic E-state index is 0.406. The summed E-state index contributed by atoms with van der Waals surface area (Å²) in [7, 11) is 1.95. The molecular formula is C12H16BrN3S. The Morgan fingerprint density at radius 1 is 1.53 bits per heavy atom. The number of halogens is 1. The van der Waals surface area contributed by atoms with E-state index in [2.05, 4.69) is 51.6 Å². The minimum Gasteiger partial charge on any atom is -0.309 e. The third-order valence-corrected chi connectivity index (χ3v) is 4.45. The molecule has 2 aromatic rings. The van der Waals surface area contributed by atoms with E-state index in [0.717, 1.165) is 13.0 Å². The Bertz CT molecular complexity index is 478. The van der Waals surface area contributed by atoms with Crippen LogP contribution >= 0.6 is 27.3 Å². The maximum Gasteiger partial charge on any atom is 0.0701 e. The molecule has 3 nitrogen and oxygen atoms in total. The Morgan fingerprint density at radius 3 is 2.94 bits per heavy atom. The molecule has 2 rings (SSSR count). The molecule has 0 aliphatic rings. The molecule has 1 unspecified atom stereocenters. The summed E-state index contributed by atoms with van der Waals surface area (Å²) in [5.74, 6) is 0. The van der Waals surface area contributed by atoms with Gasteiger partial charge in [-0.2, -0.15) is 5.10 Å². The summed E-state index contributed by atoms with van der Waals surface area (Å²) in [4.78, 5) is 1.36. The lowest BCUT2D eigenvalue weighted by Gasteiger charge is -2.11. The van der Waals surface area contributed by atoms with Crippen molar-refractivity contribution < 1.29 is 0 Å². The van der Waals surface area contributed by atoms with Gasteiger partial charge in [-0.05, 0) is 53.5 Å². The van der Waals surface area contributed by atoms with E-state index in [1.807, 2.05) is 17.9 Å². The predicted molar refractivity (Wildman–Crippen MR) is 75.3 cm³/mol. The highest BCUT2D eigenvalue weighted by molar-refractivity contribution is 9.11. The molecule has 0 aliphatic carbocycles. The molecule has 92 valence electrons. The van der Waals surface area contributed by atoms with E-state index >= 15 is 0 Å². The van der Waals surface area contributed by atoms with Crippen LogP contribution in [0.3, 0.4) is 0 Å². The van der Waals surface area contributed by atoms with Crippen LogP contribution < -0.4 is 5.32 Å². The number of aryl methyl sites for hydroxylation is 1. The number of nitrogens with one attached hydrogen (secondary N) is 1. The maximum atomic E-state index is 4.16. The van der Waals surface area contributed by atoms with Crippen molar-refractivity contribution >= 4 is 27.3 Å². The fraction of sp³-hybridized carbons (Fsp3) is 0.417. The fourth-order valence-corrected chi connectivity index (χ4v) is 3.15. The molecule has 1 atom stereocenters. The van der Waals surface area contributed by atoms with Crippen molar-refractivity contribution in [1.82, 2.24) is 15.1 Å². The standard InChI is InChI=1S/C12H16BrN3S/c1-9(11-3-4-12(13)17-11)14-6-5-10-7-15-16(2)8-10/h3-4,7-9,14H,5-6H2,1-2H3. The molecular weight excluding hydrogens is 298 g/mol. The van der Waals surface area contributed by atoms with E-state index in [0.29, 0.717) is 6.04 Å². The highest BCUT2D eigenvalue weighted by atomic mass is 79.9. The summed E-state index contributed by atoms with van der Waals surface area (Å²) in [6.45, 7) is 3.17. The third kappa shape index (κ3) is 3.66. The zero-order valence-corrected chi connectivity index (χ0v) is 12.4. The number of hydrogen-bond acceptors (Lipinski definition) is 3. The molecule has 0 bridgehead atoms. The fourth-order valence-electron chi connectivity index (χ4n) is 1.70. The average Bonchev–Trinajstić information content (AvgIpc) is 2.88. The van der Waals surface area contributed by atoms with Gasteiger partial charge in [0.2, 0.25) is 0 Å². The Kier molecular flexibility index (Phi) is 4.36. The summed E-state index contributed by atoms with van der Waals surface area (Å²) < 4.78 is 3.03. The van der Waals surface area contributed by atoms with Gasteiger partial charge in [0.15, 0.2) is 0 Å². The van der Waals surface area contributed by atoms with Crippen LogP contribution in [0.4, 0.5) is 0 Å². The lowest BCUT2D eigenvalue weighted by atomic mass is 10.2. The lowest BCUT2D eigenvalue weighted by molar-refractivity contribution is 0.584. The molecule has 2 heterocycles. The normalized spacial score (nSPS) is 12.9. The lowest BCUT2D eigenvalue weighted by Crippen LogP contribution is -2.20. The van der Waals surface area contributed by atoms with Gasteiger partial charge in [0.25, 0.3) is 0 Å². The van der Waals surface area contributed by atoms with Gasteiger partial charge in [-0.15, -0.1) is 11.3 Å². The van der Waals surface area contributed by atoms with Crippen LogP contribution in [-0.4, -0.2) is 16.3 Å². The highest BCUT2D eigenvalue weighted by Gasteiger charge is 2.07. The predicted octanol–water partition coefficient (Wildman–Crippen LogP) is 3.14. The van der Waals surface area contributed by atoms with Gasteiger partial charge in [0, 0.05) is 24.2 Å². The van der Waals surface area contributed by atoms with Crippen LogP contribution in [0.1, 0.15) is 23.4 Å². The molecule has 2 aromatic heterocycles. The molecule has 0 aromatic carbocycles. The Hall–Kier alpha value is -0.650. The summed E-state index contributed by atoms with van der Waals surface area (Å²) in [5, 5.41) is 7.68. The van der Waals surface area contributed by atoms with Gasteiger partial charge in [-0.1, -0.05) is 0 Å². The van der Waals surface area contributed by atoms with Gasteiger partial charge in [-0.25, -0.2) is 0 Å². The number of thiophene rings is 1. The van der Waals surface area contributed by atoms with Gasteiger partial charge in [-0.3, -0.25) is 4.68 Å². The van der Waals surface area contributed by atoms with Gasteiger partial charge in [0.1, 0.15) is 0 Å². The second-order valence-corrected chi connectivity index (χ2v) is 6.58. The zero-order valence-electron chi connectivity index (χ0n) is 9.98. The van der Waals surface area contributed by atoms with Crippen LogP contribution in [-0.2, 0) is 13.5 Å². The first-order valence-electron chi connectivity index (χ1n) is 5.61. The molecule has 0 fully saturated rings. The van der Waals surface area contributed by atoms with Crippen LogP contribution in [0.5, 0.6) is 0 Å². The molecule has 0 radical (unpaired) electrons. The Labute approximate surface area is 114 Å². The SMILES string of the molecule is CC(NCCc1cnn(C)c1)c1ccc(Br)s1. The zero-order chi connectivity index (χ0) is 12.3. The van der Waals surface area contributed by atoms with E-state index in [1.54, 1.807) is 11.3 Å². The van der Waals surface area contributed by atoms with E-state index in [9.17, 15) is 0 Å². The number of hydrogen-bond donors (Lipinski definition) is 1. The molecule has 1 N–H and O–H groups in total. The van der Waals surface area contributed by atoms with Crippen molar-refractivity contribution in [1.29, 1.82) is 0 Å². The summed E-state index contributed by atoms with van der Waals surface area (Å²) >= 11 is 5.27. The number of aromatic nitrogens is 2. The van der Waals surface area contributed by atoms with E-state index in [4.69, 9.17) is 0 Å². The first-order valence-corrected chi connectivity index (χ1v) is 7.22. The summed E-state index contributed by atoms with van der Waals surface area (Å²) in [6.07, 6.45) is 5.01. The average molecular weight is 314 g/mol. The molecule has 17 heavy (non-hydrogen) atoms. The van der Waals surface area contributed by atoms with E-state index in [1.165, 1.54) is 14.2 Å². The summed E-state index contributed by atoms with van der Waals surface area (Å²) in [5.41, 5.74) is 1.28. The van der Waals surface area contributed by atoms with Crippen molar-refractivity contribution in [3.8, 4) is 0 Å². The first-order chi connectivity index (χ1) is 8.15. The van der Waals surface area contributed by atoms with Crippen LogP contribution in [0.15, 0.2) is 28.3 Å². The monoisotopic (exact) mass is 313 g/mol. The van der Waals surface area contributed by atoms with Crippen molar-refractivity contribution in [3.05, 3.63) is 38.8 Å². The molecule has 0 amide bonds. The number of nitrogens with zero attached hydrogens (tertiary/aromatic N) is 2. The van der Waals surface area contributed by atoms with Crippen LogP contribution in [0, 0.1) is 0 Å². The van der Waals surface area contributed by atoms with Gasteiger partial charge >= 0.3 is 0 Å². The van der Waals surface area contributed by atoms with Gasteiger partial charge < -0.3 is 5.32 Å². The van der Waals surface area contributed by atoms with Crippen LogP contribution in [0.25, 0.3) is 0 Å². The number of rotatable bonds is 5. The highest BCUT2D eigenvalue weighted by Crippen LogP contribution is 2.26. The van der Waals surface area contributed by atoms with E-state index in [-0.39, 0.29) is 0 Å². The smallest absolute Gasteiger partial charge is 0.0701 e. The largest absolute Gasteiger partial charge is 0.309 e.